The highest BCUT2D eigenvalue weighted by Gasteiger charge is 2.59. The number of carbonyl (C=O) groups excluding carboxylic acids is 6. The summed E-state index contributed by atoms with van der Waals surface area (Å²) in [6.07, 6.45) is -43.4. The zero-order chi connectivity index (χ0) is 63.0. The highest BCUT2D eigenvalue weighted by molar-refractivity contribution is 5.75. The van der Waals surface area contributed by atoms with Crippen LogP contribution in [0.4, 0.5) is 0 Å². The Labute approximate surface area is 483 Å². The maximum atomic E-state index is 12.8. The third kappa shape index (κ3) is 16.4. The minimum absolute atomic E-state index is 0.705. The Balaban J connectivity index is 1.23. The van der Waals surface area contributed by atoms with Crippen LogP contribution in [0.3, 0.4) is 0 Å². The number of aliphatic hydroxyl groups excluding tert-OH is 14. The Morgan fingerprint density at radius 2 is 0.471 bits per heavy atom. The molecule has 0 aromatic rings. The Bertz CT molecular complexity index is 2230. The van der Waals surface area contributed by atoms with Crippen molar-refractivity contribution in [1.82, 2.24) is 31.9 Å². The van der Waals surface area contributed by atoms with Gasteiger partial charge in [-0.1, -0.05) is 0 Å². The highest BCUT2D eigenvalue weighted by atomic mass is 16.8. The van der Waals surface area contributed by atoms with E-state index in [0.717, 1.165) is 41.5 Å². The van der Waals surface area contributed by atoms with Crippen LogP contribution in [0, 0.1) is 0 Å². The SMILES string of the molecule is CC(=O)N[C@@H]1[C@@H](O[C@H]2[C@H](O)[C@@H](NC(C)=O)[C@H](O[C@H]3[C@H](O)[C@@H](NC(C)=O)[C@H](O[C@H]4[C@H](O)[C@@H](NC(C)=O)[C@H](O[C@H]5[C@H](O)[C@@H](NC(C)=O)C(O)O[C@@H]5CO)O[C@@H]4CO)O[C@@H]3CO)O[C@@H]2CO)O[C@H](CO)[C@@H](O[C@H]2O[C@H](CO)[C@@H](O)[C@H](O)[C@@H]2NC(C)=O)[C@@H]1O. The monoisotopic (exact) mass is 1240 g/mol. The largest absolute Gasteiger partial charge is 0.394 e. The van der Waals surface area contributed by atoms with Gasteiger partial charge >= 0.3 is 0 Å². The van der Waals surface area contributed by atoms with Gasteiger partial charge in [0, 0.05) is 41.5 Å². The second-order valence-electron chi connectivity index (χ2n) is 21.2. The lowest BCUT2D eigenvalue weighted by Gasteiger charge is -2.51. The van der Waals surface area contributed by atoms with E-state index in [4.69, 9.17) is 52.1 Å². The van der Waals surface area contributed by atoms with Gasteiger partial charge in [0.25, 0.3) is 0 Å². The van der Waals surface area contributed by atoms with Gasteiger partial charge in [-0.3, -0.25) is 28.8 Å². The second kappa shape index (κ2) is 30.8. The van der Waals surface area contributed by atoms with Crippen LogP contribution in [0.5, 0.6) is 0 Å². The van der Waals surface area contributed by atoms with Crippen molar-refractivity contribution in [1.29, 1.82) is 0 Å². The number of carbonyl (C=O) groups is 6. The van der Waals surface area contributed by atoms with Gasteiger partial charge < -0.3 is 155 Å². The number of nitrogens with one attached hydrogen (secondary N) is 6. The third-order valence-corrected chi connectivity index (χ3v) is 14.8. The predicted octanol–water partition coefficient (Wildman–Crippen LogP) is -13.2. The standard InChI is InChI=1S/C48H80N6O31/c1-13(61)49-25-33(69)38(20(8-56)75-43(25)74)81-45-27(51-15(3)63)35(71)40(22(10-58)77-45)83-47-29(53-17(5)65)37(73)42(24(12-60)79-47)85-48-30(54-18(6)66)36(72)41(23(11-59)80-48)84-46-28(52-16(4)64)34(70)39(21(9-57)78-46)82-44-26(50-14(2)62)32(68)31(67)19(7-55)76-44/h19-48,55-60,67-74H,7-12H2,1-6H3,(H,49,61)(H,50,62)(H,51,63)(H,52,64)(H,53,65)(H,54,66)/t19-,20-,21-,22-,23-,24-,25-,26+,27-,28+,29-,30-,31-,32-,33-,34-,35-,36-,37-,38-,39-,40-,41-,42-,43?,44-,45+,46-,47+,48+/m1/s1. The van der Waals surface area contributed by atoms with Crippen molar-refractivity contribution >= 4 is 35.4 Å². The van der Waals surface area contributed by atoms with Gasteiger partial charge in [0.2, 0.25) is 35.4 Å². The molecule has 1 unspecified atom stereocenters. The summed E-state index contributed by atoms with van der Waals surface area (Å²) in [4.78, 5) is 74.9. The first-order valence-corrected chi connectivity index (χ1v) is 27.1. The summed E-state index contributed by atoms with van der Waals surface area (Å²) in [5, 5.41) is 168. The molecule has 20 N–H and O–H groups in total. The first-order valence-electron chi connectivity index (χ1n) is 27.1. The van der Waals surface area contributed by atoms with Crippen LogP contribution in [-0.2, 0) is 80.9 Å². The average Bonchev–Trinajstić information content (AvgIpc) is 3.50. The van der Waals surface area contributed by atoms with Crippen molar-refractivity contribution < 1.29 is 152 Å². The van der Waals surface area contributed by atoms with Crippen molar-refractivity contribution in [2.45, 2.75) is 225 Å². The van der Waals surface area contributed by atoms with Crippen LogP contribution in [0.15, 0.2) is 0 Å². The van der Waals surface area contributed by atoms with E-state index in [2.05, 4.69) is 31.9 Å². The van der Waals surface area contributed by atoms with Gasteiger partial charge in [-0.25, -0.2) is 0 Å². The fourth-order valence-electron chi connectivity index (χ4n) is 11.0. The Morgan fingerprint density at radius 1 is 0.282 bits per heavy atom. The molecule has 30 atom stereocenters. The molecule has 0 radical (unpaired) electrons. The molecule has 85 heavy (non-hydrogen) atoms. The lowest BCUT2D eigenvalue weighted by atomic mass is 9.92. The zero-order valence-electron chi connectivity index (χ0n) is 46.8. The van der Waals surface area contributed by atoms with Crippen LogP contribution < -0.4 is 31.9 Å². The number of amides is 6. The molecule has 0 bridgehead atoms. The maximum Gasteiger partial charge on any atom is 0.217 e. The van der Waals surface area contributed by atoms with E-state index in [1.165, 1.54) is 0 Å². The van der Waals surface area contributed by atoms with E-state index in [-0.39, 0.29) is 0 Å². The minimum Gasteiger partial charge on any atom is -0.394 e. The van der Waals surface area contributed by atoms with Crippen LogP contribution >= 0.6 is 0 Å². The number of hydrogen-bond donors (Lipinski definition) is 20. The minimum atomic E-state index is -2.07. The topological polar surface area (TPSA) is 559 Å². The molecule has 0 aliphatic carbocycles. The third-order valence-electron chi connectivity index (χ3n) is 14.8. The molecule has 0 aromatic carbocycles. The van der Waals surface area contributed by atoms with Crippen molar-refractivity contribution in [2.75, 3.05) is 39.6 Å². The highest BCUT2D eigenvalue weighted by Crippen LogP contribution is 2.37. The van der Waals surface area contributed by atoms with Crippen molar-refractivity contribution in [3.8, 4) is 0 Å². The van der Waals surface area contributed by atoms with Crippen LogP contribution in [0.25, 0.3) is 0 Å². The fourth-order valence-corrected chi connectivity index (χ4v) is 11.0. The lowest BCUT2D eigenvalue weighted by molar-refractivity contribution is -0.370. The molecule has 6 aliphatic heterocycles. The Morgan fingerprint density at radius 3 is 0.694 bits per heavy atom. The van der Waals surface area contributed by atoms with Gasteiger partial charge in [0.05, 0.1) is 39.6 Å². The number of ether oxygens (including phenoxy) is 11. The summed E-state index contributed by atoms with van der Waals surface area (Å²) in [5.74, 6) is -4.75. The molecule has 6 amide bonds. The summed E-state index contributed by atoms with van der Waals surface area (Å²) in [6, 6.07) is -10.0. The molecule has 6 fully saturated rings. The smallest absolute Gasteiger partial charge is 0.217 e. The molecule has 6 rings (SSSR count). The van der Waals surface area contributed by atoms with E-state index < -0.39 is 259 Å². The first-order chi connectivity index (χ1) is 40.1. The lowest BCUT2D eigenvalue weighted by Crippen LogP contribution is -2.72. The Hall–Kier alpha value is -4.18. The van der Waals surface area contributed by atoms with Gasteiger partial charge in [-0.15, -0.1) is 0 Å². The molecular weight excluding hydrogens is 1160 g/mol. The van der Waals surface area contributed by atoms with Crippen molar-refractivity contribution in [3.05, 3.63) is 0 Å². The molecular formula is C48H80N6O31. The molecule has 6 heterocycles. The average molecular weight is 1240 g/mol. The maximum absolute atomic E-state index is 12.8. The van der Waals surface area contributed by atoms with E-state index >= 15 is 0 Å². The van der Waals surface area contributed by atoms with Gasteiger partial charge in [-0.05, 0) is 0 Å². The predicted molar refractivity (Wildman–Crippen MR) is 269 cm³/mol. The summed E-state index contributed by atoms with van der Waals surface area (Å²) in [7, 11) is 0. The van der Waals surface area contributed by atoms with Crippen LogP contribution in [-0.4, -0.2) is 330 Å². The van der Waals surface area contributed by atoms with Gasteiger partial charge in [-0.2, -0.15) is 0 Å². The normalized spacial score (nSPS) is 44.0. The van der Waals surface area contributed by atoms with E-state index in [0.29, 0.717) is 0 Å². The molecule has 0 aromatic heterocycles. The molecule has 37 nitrogen and oxygen atoms in total. The van der Waals surface area contributed by atoms with Gasteiger partial charge in [0.15, 0.2) is 37.7 Å². The summed E-state index contributed by atoms with van der Waals surface area (Å²) in [6.45, 7) is 0.406. The van der Waals surface area contributed by atoms with E-state index in [1.54, 1.807) is 0 Å². The van der Waals surface area contributed by atoms with Crippen LogP contribution in [0.2, 0.25) is 0 Å². The number of rotatable bonds is 22. The van der Waals surface area contributed by atoms with Crippen LogP contribution in [0.1, 0.15) is 41.5 Å². The summed E-state index contributed by atoms with van der Waals surface area (Å²) >= 11 is 0. The van der Waals surface area contributed by atoms with E-state index in [9.17, 15) is 100 Å². The molecule has 37 heteroatoms. The molecule has 488 valence electrons. The fraction of sp³-hybridized carbons (Fsp3) is 0.875. The van der Waals surface area contributed by atoms with E-state index in [1.807, 2.05) is 0 Å². The second-order valence-corrected chi connectivity index (χ2v) is 21.2. The summed E-state index contributed by atoms with van der Waals surface area (Å²) < 4.78 is 65.4. The van der Waals surface area contributed by atoms with Crippen molar-refractivity contribution in [3.63, 3.8) is 0 Å². The van der Waals surface area contributed by atoms with Crippen molar-refractivity contribution in [2.24, 2.45) is 0 Å². The Kier molecular flexibility index (Phi) is 25.4. The van der Waals surface area contributed by atoms with Gasteiger partial charge in [0.1, 0.15) is 146 Å². The molecule has 0 saturated carbocycles. The molecule has 6 saturated heterocycles. The number of hydrogen-bond acceptors (Lipinski definition) is 31. The summed E-state index contributed by atoms with van der Waals surface area (Å²) in [5.41, 5.74) is 0. The first kappa shape index (κ1) is 69.9. The number of aliphatic hydroxyl groups is 14. The zero-order valence-corrected chi connectivity index (χ0v) is 46.8. The molecule has 0 spiro atoms. The quantitative estimate of drug-likeness (QED) is 0.0479. The molecule has 6 aliphatic rings.